The Balaban J connectivity index is 1.53. The topological polar surface area (TPSA) is 63.2 Å². The number of hydrogen-bond acceptors (Lipinski definition) is 4. The number of nitrogens with zero attached hydrogens (tertiary/aromatic N) is 1. The van der Waals surface area contributed by atoms with Gasteiger partial charge in [0.25, 0.3) is 5.91 Å². The van der Waals surface area contributed by atoms with Crippen molar-refractivity contribution in [3.8, 4) is 5.75 Å². The third kappa shape index (κ3) is 5.58. The molecular formula is C21H22ClF4N3O2. The molecule has 0 atom stereocenters. The zero-order valence-electron chi connectivity index (χ0n) is 16.9. The molecule has 1 aromatic heterocycles. The van der Waals surface area contributed by atoms with Gasteiger partial charge >= 0.3 is 6.18 Å². The molecule has 1 aliphatic carbocycles. The van der Waals surface area contributed by atoms with Crippen LogP contribution < -0.4 is 15.4 Å². The van der Waals surface area contributed by atoms with Crippen LogP contribution in [-0.2, 0) is 11.0 Å². The first-order chi connectivity index (χ1) is 14.4. The van der Waals surface area contributed by atoms with Gasteiger partial charge < -0.3 is 15.4 Å². The molecule has 1 aromatic carbocycles. The molecular weight excluding hydrogens is 438 g/mol. The van der Waals surface area contributed by atoms with Crippen LogP contribution in [0.4, 0.5) is 23.4 Å². The van der Waals surface area contributed by atoms with Crippen LogP contribution in [0, 0.1) is 5.82 Å². The van der Waals surface area contributed by atoms with Crippen LogP contribution in [0.3, 0.4) is 0 Å². The quantitative estimate of drug-likeness (QED) is 0.558. The van der Waals surface area contributed by atoms with Crippen LogP contribution >= 0.6 is 11.6 Å². The lowest BCUT2D eigenvalue weighted by Gasteiger charge is -2.55. The van der Waals surface area contributed by atoms with Gasteiger partial charge in [-0.05, 0) is 50.5 Å². The number of pyridine rings is 1. The predicted molar refractivity (Wildman–Crippen MR) is 109 cm³/mol. The number of halogens is 5. The number of benzene rings is 1. The van der Waals surface area contributed by atoms with E-state index < -0.39 is 28.6 Å². The molecule has 168 valence electrons. The minimum atomic E-state index is -4.44. The molecule has 0 aliphatic heterocycles. The molecule has 5 nitrogen and oxygen atoms in total. The summed E-state index contributed by atoms with van der Waals surface area (Å²) in [6, 6.07) is 6.19. The minimum Gasteiger partial charge on any atom is -0.484 e. The van der Waals surface area contributed by atoms with Crippen molar-refractivity contribution in [3.63, 3.8) is 0 Å². The highest BCUT2D eigenvalue weighted by Gasteiger charge is 2.51. The van der Waals surface area contributed by atoms with E-state index in [0.717, 1.165) is 18.3 Å². The average Bonchev–Trinajstić information content (AvgIpc) is 2.67. The molecule has 2 aromatic rings. The monoisotopic (exact) mass is 459 g/mol. The first kappa shape index (κ1) is 23.1. The Morgan fingerprint density at radius 2 is 1.97 bits per heavy atom. The lowest BCUT2D eigenvalue weighted by Crippen LogP contribution is -2.66. The second-order valence-electron chi connectivity index (χ2n) is 8.02. The van der Waals surface area contributed by atoms with E-state index in [2.05, 4.69) is 15.6 Å². The largest absolute Gasteiger partial charge is 0.484 e. The second-order valence-corrected chi connectivity index (χ2v) is 8.42. The molecule has 1 heterocycles. The van der Waals surface area contributed by atoms with Gasteiger partial charge in [0.1, 0.15) is 17.4 Å². The van der Waals surface area contributed by atoms with Gasteiger partial charge in [-0.3, -0.25) is 4.79 Å². The zero-order chi connectivity index (χ0) is 22.9. The van der Waals surface area contributed by atoms with Gasteiger partial charge in [-0.25, -0.2) is 9.37 Å². The lowest BCUT2D eigenvalue weighted by atomic mass is 9.62. The standard InChI is InChI=1S/C21H22ClF4N3O2/c1-3-20(28-17-7-4-13(9-27-17)21(24,25)26)11-19(2,12-20)29-18(30)10-31-14-5-6-15(22)16(23)8-14/h4-9H,3,10-12H2,1-2H3,(H,27,28)(H,29,30). The highest BCUT2D eigenvalue weighted by molar-refractivity contribution is 6.30. The third-order valence-electron chi connectivity index (χ3n) is 5.32. The molecule has 1 aliphatic rings. The molecule has 0 bridgehead atoms. The van der Waals surface area contributed by atoms with Gasteiger partial charge in [0, 0.05) is 23.3 Å². The average molecular weight is 460 g/mol. The van der Waals surface area contributed by atoms with Crippen molar-refractivity contribution in [1.82, 2.24) is 10.3 Å². The van der Waals surface area contributed by atoms with Crippen LogP contribution in [0.15, 0.2) is 36.5 Å². The Labute approximate surface area is 182 Å². The van der Waals surface area contributed by atoms with Crippen molar-refractivity contribution in [1.29, 1.82) is 0 Å². The fourth-order valence-electron chi connectivity index (χ4n) is 3.95. The van der Waals surface area contributed by atoms with E-state index in [-0.39, 0.29) is 23.3 Å². The number of aromatic nitrogens is 1. The first-order valence-corrected chi connectivity index (χ1v) is 10.0. The predicted octanol–water partition coefficient (Wildman–Crippen LogP) is 5.20. The van der Waals surface area contributed by atoms with Crippen molar-refractivity contribution in [2.45, 2.75) is 50.4 Å². The number of alkyl halides is 3. The van der Waals surface area contributed by atoms with Crippen LogP contribution in [0.2, 0.25) is 5.02 Å². The number of hydrogen-bond donors (Lipinski definition) is 2. The summed E-state index contributed by atoms with van der Waals surface area (Å²) in [5.41, 5.74) is -1.72. The summed E-state index contributed by atoms with van der Waals surface area (Å²) in [6.45, 7) is 3.54. The van der Waals surface area contributed by atoms with E-state index in [1.165, 1.54) is 18.2 Å². The number of ether oxygens (including phenoxy) is 1. The Hall–Kier alpha value is -2.55. The summed E-state index contributed by atoms with van der Waals surface area (Å²) < 4.78 is 56.8. The third-order valence-corrected chi connectivity index (χ3v) is 5.63. The lowest BCUT2D eigenvalue weighted by molar-refractivity contribution is -0.137. The summed E-state index contributed by atoms with van der Waals surface area (Å²) in [5, 5.41) is 6.07. The van der Waals surface area contributed by atoms with Crippen molar-refractivity contribution in [2.24, 2.45) is 0 Å². The van der Waals surface area contributed by atoms with Crippen molar-refractivity contribution < 1.29 is 27.1 Å². The number of carbonyl (C=O) groups is 1. The van der Waals surface area contributed by atoms with Gasteiger partial charge in [0.15, 0.2) is 6.61 Å². The number of rotatable bonds is 7. The van der Waals surface area contributed by atoms with E-state index >= 15 is 0 Å². The van der Waals surface area contributed by atoms with Crippen molar-refractivity contribution >= 4 is 23.3 Å². The van der Waals surface area contributed by atoms with Crippen LogP contribution in [-0.4, -0.2) is 28.6 Å². The molecule has 0 unspecified atom stereocenters. The highest BCUT2D eigenvalue weighted by atomic mass is 35.5. The Kier molecular flexibility index (Phi) is 6.36. The summed E-state index contributed by atoms with van der Waals surface area (Å²) >= 11 is 5.61. The van der Waals surface area contributed by atoms with Crippen LogP contribution in [0.25, 0.3) is 0 Å². The molecule has 2 N–H and O–H groups in total. The molecule has 31 heavy (non-hydrogen) atoms. The summed E-state index contributed by atoms with van der Waals surface area (Å²) in [6.07, 6.45) is -1.84. The van der Waals surface area contributed by atoms with Gasteiger partial charge in [0.05, 0.1) is 10.6 Å². The first-order valence-electron chi connectivity index (χ1n) is 9.64. The van der Waals surface area contributed by atoms with Gasteiger partial charge in [-0.1, -0.05) is 18.5 Å². The van der Waals surface area contributed by atoms with Crippen LogP contribution in [0.5, 0.6) is 5.75 Å². The molecule has 1 amide bonds. The van der Waals surface area contributed by atoms with Gasteiger partial charge in [-0.2, -0.15) is 13.2 Å². The molecule has 0 spiro atoms. The minimum absolute atomic E-state index is 0.0373. The number of nitrogens with one attached hydrogen (secondary N) is 2. The van der Waals surface area contributed by atoms with Crippen molar-refractivity contribution in [2.75, 3.05) is 11.9 Å². The number of amides is 1. The molecule has 1 fully saturated rings. The van der Waals surface area contributed by atoms with E-state index in [4.69, 9.17) is 16.3 Å². The van der Waals surface area contributed by atoms with Crippen LogP contribution in [0.1, 0.15) is 38.7 Å². The Morgan fingerprint density at radius 1 is 1.26 bits per heavy atom. The fraction of sp³-hybridized carbons (Fsp3) is 0.429. The summed E-state index contributed by atoms with van der Waals surface area (Å²) in [5.74, 6) is -0.471. The molecule has 3 rings (SSSR count). The molecule has 0 saturated heterocycles. The molecule has 10 heteroatoms. The molecule has 0 radical (unpaired) electrons. The number of anilines is 1. The fourth-order valence-corrected chi connectivity index (χ4v) is 4.07. The SMILES string of the molecule is CCC1(Nc2ccc(C(F)(F)F)cn2)CC(C)(NC(=O)COc2ccc(Cl)c(F)c2)C1. The maximum absolute atomic E-state index is 13.4. The normalized spacial score (nSPS) is 23.1. The molecule has 1 saturated carbocycles. The maximum atomic E-state index is 13.4. The zero-order valence-corrected chi connectivity index (χ0v) is 17.7. The maximum Gasteiger partial charge on any atom is 0.417 e. The Morgan fingerprint density at radius 3 is 2.52 bits per heavy atom. The van der Waals surface area contributed by atoms with Gasteiger partial charge in [0.2, 0.25) is 0 Å². The smallest absolute Gasteiger partial charge is 0.417 e. The van der Waals surface area contributed by atoms with Gasteiger partial charge in [-0.15, -0.1) is 0 Å². The second kappa shape index (κ2) is 8.53. The van der Waals surface area contributed by atoms with E-state index in [1.54, 1.807) is 0 Å². The summed E-state index contributed by atoms with van der Waals surface area (Å²) in [4.78, 5) is 16.1. The van der Waals surface area contributed by atoms with E-state index in [1.807, 2.05) is 13.8 Å². The number of carbonyl (C=O) groups excluding carboxylic acids is 1. The highest BCUT2D eigenvalue weighted by Crippen LogP contribution is 2.45. The van der Waals surface area contributed by atoms with Crippen molar-refractivity contribution in [3.05, 3.63) is 52.9 Å². The van der Waals surface area contributed by atoms with E-state index in [0.29, 0.717) is 25.1 Å². The van der Waals surface area contributed by atoms with E-state index in [9.17, 15) is 22.4 Å². The summed E-state index contributed by atoms with van der Waals surface area (Å²) in [7, 11) is 0. The Bertz CT molecular complexity index is 945.